The van der Waals surface area contributed by atoms with Crippen molar-refractivity contribution in [2.75, 3.05) is 12.3 Å². The summed E-state index contributed by atoms with van der Waals surface area (Å²) in [5.74, 6) is -0.327. The molecule has 0 aliphatic heterocycles. The number of benzene rings is 2. The molecule has 2 aromatic rings. The predicted molar refractivity (Wildman–Crippen MR) is 177 cm³/mol. The zero-order chi connectivity index (χ0) is 32.0. The van der Waals surface area contributed by atoms with E-state index in [2.05, 4.69) is 24.4 Å². The first kappa shape index (κ1) is 37.4. The summed E-state index contributed by atoms with van der Waals surface area (Å²) in [4.78, 5) is 52.8. The molecule has 0 aliphatic carbocycles. The standard InChI is InChI=1S/C34H51N2O7P/c1-2-3-4-5-6-7-8-9-10-11-12-13-14-15-16-17-33(37)36-31(27-42-44(39,40)41)26-28-18-24-32(25-19-28)43-34(38)29-20-22-30(35)23-21-29/h9-10,18-25,31,39-41H,2-8,11-17,26-27H2,1H3,(H2-,35,36,37,38)/p+1/b10-9-/t31-/m0/s1. The molecule has 1 amide bonds. The summed E-state index contributed by atoms with van der Waals surface area (Å²) in [6.07, 6.45) is 20.6. The molecule has 2 rings (SSSR count). The number of rotatable bonds is 23. The normalized spacial score (nSPS) is 12.4. The zero-order valence-corrected chi connectivity index (χ0v) is 27.1. The molecule has 0 heterocycles. The SMILES string of the molecule is CCCCCCCC/C=C\CCCCCCCC(=O)N[C@H](CO[P+](O)(O)O)Cc1ccc(OC(=O)c2ccc(N)cc2)cc1. The second kappa shape index (κ2) is 21.8. The third kappa shape index (κ3) is 18.1. The van der Waals surface area contributed by atoms with Gasteiger partial charge in [0.25, 0.3) is 0 Å². The maximum absolute atomic E-state index is 12.6. The van der Waals surface area contributed by atoms with Gasteiger partial charge in [-0.2, -0.15) is 19.2 Å². The average molecular weight is 632 g/mol. The lowest BCUT2D eigenvalue weighted by atomic mass is 10.1. The van der Waals surface area contributed by atoms with Crippen molar-refractivity contribution in [3.63, 3.8) is 0 Å². The Morgan fingerprint density at radius 3 is 1.98 bits per heavy atom. The van der Waals surface area contributed by atoms with Crippen LogP contribution in [-0.4, -0.2) is 39.2 Å². The van der Waals surface area contributed by atoms with Crippen LogP contribution in [0, 0.1) is 0 Å². The number of esters is 1. The molecule has 6 N–H and O–H groups in total. The molecule has 0 aromatic heterocycles. The first-order chi connectivity index (χ1) is 21.2. The smallest absolute Gasteiger partial charge is 0.423 e. The van der Waals surface area contributed by atoms with Gasteiger partial charge in [0.05, 0.1) is 11.6 Å². The van der Waals surface area contributed by atoms with Crippen LogP contribution in [-0.2, 0) is 15.7 Å². The van der Waals surface area contributed by atoms with E-state index in [0.29, 0.717) is 29.8 Å². The van der Waals surface area contributed by atoms with Crippen LogP contribution in [0.5, 0.6) is 5.75 Å². The number of carbonyl (C=O) groups is 2. The molecule has 1 atom stereocenters. The maximum atomic E-state index is 12.6. The topological polar surface area (TPSA) is 151 Å². The third-order valence-corrected chi connectivity index (χ3v) is 7.74. The summed E-state index contributed by atoms with van der Waals surface area (Å²) in [6.45, 7) is 1.97. The third-order valence-electron chi connectivity index (χ3n) is 7.24. The number of allylic oxidation sites excluding steroid dienone is 2. The summed E-state index contributed by atoms with van der Waals surface area (Å²) in [6, 6.07) is 12.6. The van der Waals surface area contributed by atoms with E-state index in [1.807, 2.05) is 0 Å². The number of hydrogen-bond acceptors (Lipinski definition) is 8. The highest BCUT2D eigenvalue weighted by atomic mass is 31.2. The van der Waals surface area contributed by atoms with E-state index in [0.717, 1.165) is 44.1 Å². The number of nitrogens with one attached hydrogen (secondary N) is 1. The van der Waals surface area contributed by atoms with Crippen LogP contribution >= 0.6 is 8.17 Å². The number of amides is 1. The summed E-state index contributed by atoms with van der Waals surface area (Å²) < 4.78 is 10.2. The van der Waals surface area contributed by atoms with Gasteiger partial charge in [-0.05, 0) is 80.5 Å². The van der Waals surface area contributed by atoms with E-state index in [9.17, 15) is 24.3 Å². The van der Waals surface area contributed by atoms with Gasteiger partial charge in [-0.3, -0.25) is 4.79 Å². The fourth-order valence-electron chi connectivity index (χ4n) is 4.76. The molecule has 9 nitrogen and oxygen atoms in total. The minimum Gasteiger partial charge on any atom is -0.423 e. The quantitative estimate of drug-likeness (QED) is 0.0215. The lowest BCUT2D eigenvalue weighted by molar-refractivity contribution is -0.122. The van der Waals surface area contributed by atoms with Gasteiger partial charge in [-0.1, -0.05) is 82.6 Å². The Hall–Kier alpha value is -2.81. The van der Waals surface area contributed by atoms with Crippen molar-refractivity contribution in [1.82, 2.24) is 5.32 Å². The molecule has 0 fully saturated rings. The molecule has 44 heavy (non-hydrogen) atoms. The number of anilines is 1. The molecule has 10 heteroatoms. The highest BCUT2D eigenvalue weighted by Crippen LogP contribution is 2.45. The van der Waals surface area contributed by atoms with Crippen LogP contribution in [0.3, 0.4) is 0 Å². The fourth-order valence-corrected chi connectivity index (χ4v) is 5.14. The van der Waals surface area contributed by atoms with Crippen LogP contribution in [0.25, 0.3) is 0 Å². The Morgan fingerprint density at radius 2 is 1.39 bits per heavy atom. The molecule has 0 aliphatic rings. The molecule has 244 valence electrons. The van der Waals surface area contributed by atoms with Crippen molar-refractivity contribution >= 4 is 25.7 Å². The Morgan fingerprint density at radius 1 is 0.818 bits per heavy atom. The number of nitrogen functional groups attached to an aromatic ring is 1. The van der Waals surface area contributed by atoms with E-state index in [1.54, 1.807) is 48.5 Å². The van der Waals surface area contributed by atoms with E-state index in [1.165, 1.54) is 44.9 Å². The van der Waals surface area contributed by atoms with E-state index in [4.69, 9.17) is 15.0 Å². The Bertz CT molecular complexity index is 1100. The number of carbonyl (C=O) groups excluding carboxylic acids is 2. The molecular formula is C34H52N2O7P+. The molecule has 0 radical (unpaired) electrons. The molecule has 0 saturated carbocycles. The second-order valence-corrected chi connectivity index (χ2v) is 12.6. The van der Waals surface area contributed by atoms with Crippen LogP contribution < -0.4 is 15.8 Å². The summed E-state index contributed by atoms with van der Waals surface area (Å²) >= 11 is 0. The number of ether oxygens (including phenoxy) is 1. The number of hydrogen-bond donors (Lipinski definition) is 5. The van der Waals surface area contributed by atoms with E-state index in [-0.39, 0.29) is 12.5 Å². The molecule has 0 bridgehead atoms. The predicted octanol–water partition coefficient (Wildman–Crippen LogP) is 7.22. The van der Waals surface area contributed by atoms with Gasteiger partial charge in [0.2, 0.25) is 5.91 Å². The minimum absolute atomic E-state index is 0.164. The molecule has 2 aromatic carbocycles. The van der Waals surface area contributed by atoms with Crippen molar-refractivity contribution in [3.05, 3.63) is 71.8 Å². The van der Waals surface area contributed by atoms with Gasteiger partial charge in [0.15, 0.2) is 0 Å². The average Bonchev–Trinajstić information content (AvgIpc) is 2.99. The Labute approximate surface area is 263 Å². The summed E-state index contributed by atoms with van der Waals surface area (Å²) in [5, 5.41) is 2.88. The van der Waals surface area contributed by atoms with Gasteiger partial charge < -0.3 is 15.8 Å². The fraction of sp³-hybridized carbons (Fsp3) is 0.529. The first-order valence-corrected chi connectivity index (χ1v) is 17.6. The van der Waals surface area contributed by atoms with Crippen molar-refractivity contribution in [1.29, 1.82) is 0 Å². The van der Waals surface area contributed by atoms with Crippen molar-refractivity contribution in [2.45, 2.75) is 109 Å². The van der Waals surface area contributed by atoms with Gasteiger partial charge in [-0.25, -0.2) is 4.79 Å². The van der Waals surface area contributed by atoms with Gasteiger partial charge in [-0.15, -0.1) is 0 Å². The van der Waals surface area contributed by atoms with Gasteiger partial charge >= 0.3 is 14.1 Å². The molecule has 0 unspecified atom stereocenters. The van der Waals surface area contributed by atoms with Crippen molar-refractivity contribution in [3.8, 4) is 5.75 Å². The number of nitrogens with two attached hydrogens (primary N) is 1. The van der Waals surface area contributed by atoms with Crippen LogP contribution in [0.1, 0.15) is 113 Å². The van der Waals surface area contributed by atoms with Crippen molar-refractivity contribution in [2.24, 2.45) is 0 Å². The van der Waals surface area contributed by atoms with Gasteiger partial charge in [0, 0.05) is 12.1 Å². The van der Waals surface area contributed by atoms with Crippen LogP contribution in [0.2, 0.25) is 0 Å². The summed E-state index contributed by atoms with van der Waals surface area (Å²) in [7, 11) is -4.45. The van der Waals surface area contributed by atoms with Crippen LogP contribution in [0.4, 0.5) is 5.69 Å². The monoisotopic (exact) mass is 631 g/mol. The molecular weight excluding hydrogens is 579 g/mol. The lowest BCUT2D eigenvalue weighted by Gasteiger charge is -2.18. The molecule has 0 spiro atoms. The zero-order valence-electron chi connectivity index (χ0n) is 26.2. The molecule has 0 saturated heterocycles. The Balaban J connectivity index is 1.68. The summed E-state index contributed by atoms with van der Waals surface area (Å²) in [5.41, 5.74) is 7.38. The highest BCUT2D eigenvalue weighted by Gasteiger charge is 2.34. The van der Waals surface area contributed by atoms with Crippen LogP contribution in [0.15, 0.2) is 60.7 Å². The van der Waals surface area contributed by atoms with Gasteiger partial charge in [0.1, 0.15) is 12.4 Å². The van der Waals surface area contributed by atoms with Crippen molar-refractivity contribution < 1.29 is 33.5 Å². The highest BCUT2D eigenvalue weighted by molar-refractivity contribution is 7.53. The van der Waals surface area contributed by atoms with E-state index < -0.39 is 20.2 Å². The maximum Gasteiger partial charge on any atom is 0.567 e. The second-order valence-electron chi connectivity index (χ2n) is 11.3. The lowest BCUT2D eigenvalue weighted by Crippen LogP contribution is -2.39. The Kier molecular flexibility index (Phi) is 18.5. The minimum atomic E-state index is -4.45. The number of unbranched alkanes of at least 4 members (excludes halogenated alkanes) is 11. The first-order valence-electron chi connectivity index (χ1n) is 16.0. The van der Waals surface area contributed by atoms with E-state index >= 15 is 0 Å². The largest absolute Gasteiger partial charge is 0.567 e.